The molecule has 0 N–H and O–H groups in total. The van der Waals surface area contributed by atoms with Gasteiger partial charge in [0.1, 0.15) is 12.2 Å². The van der Waals surface area contributed by atoms with Crippen molar-refractivity contribution in [3.63, 3.8) is 0 Å². The highest BCUT2D eigenvalue weighted by molar-refractivity contribution is 5.69. The summed E-state index contributed by atoms with van der Waals surface area (Å²) in [6, 6.07) is 0. The minimum Gasteiger partial charge on any atom is -0.466 e. The lowest BCUT2D eigenvalue weighted by Crippen LogP contribution is -2.58. The third-order valence-electron chi connectivity index (χ3n) is 10.7. The van der Waals surface area contributed by atoms with Gasteiger partial charge in [0.2, 0.25) is 0 Å². The van der Waals surface area contributed by atoms with Crippen molar-refractivity contribution < 1.29 is 28.6 Å². The molecule has 0 amide bonds. The molecule has 4 aliphatic carbocycles. The smallest absolute Gasteiger partial charge is 0.305 e. The van der Waals surface area contributed by atoms with Crippen molar-refractivity contribution in [2.75, 3.05) is 6.61 Å². The third kappa shape index (κ3) is 4.86. The first-order valence-corrected chi connectivity index (χ1v) is 14.2. The summed E-state index contributed by atoms with van der Waals surface area (Å²) in [6.45, 7) is 12.3. The molecule has 3 fully saturated rings. The van der Waals surface area contributed by atoms with Gasteiger partial charge in [0.05, 0.1) is 6.61 Å². The second-order valence-electron chi connectivity index (χ2n) is 12.5. The Morgan fingerprint density at radius 3 is 2.36 bits per heavy atom. The average molecular weight is 503 g/mol. The Morgan fingerprint density at radius 2 is 1.69 bits per heavy atom. The normalized spacial score (nSPS) is 41.9. The van der Waals surface area contributed by atoms with Crippen molar-refractivity contribution in [1.29, 1.82) is 0 Å². The van der Waals surface area contributed by atoms with Crippen LogP contribution < -0.4 is 0 Å². The molecule has 0 heterocycles. The number of esters is 3. The molecule has 0 aliphatic heterocycles. The van der Waals surface area contributed by atoms with Crippen molar-refractivity contribution in [3.8, 4) is 0 Å². The molecule has 0 bridgehead atoms. The van der Waals surface area contributed by atoms with Crippen LogP contribution in [0.1, 0.15) is 92.9 Å². The van der Waals surface area contributed by atoms with Gasteiger partial charge in [-0.05, 0) is 92.8 Å². The van der Waals surface area contributed by atoms with Crippen LogP contribution >= 0.6 is 0 Å². The van der Waals surface area contributed by atoms with E-state index in [-0.39, 0.29) is 40.9 Å². The maximum atomic E-state index is 12.3. The highest BCUT2D eigenvalue weighted by atomic mass is 16.5. The van der Waals surface area contributed by atoms with E-state index in [1.165, 1.54) is 13.8 Å². The molecule has 202 valence electrons. The monoisotopic (exact) mass is 502 g/mol. The number of carbonyl (C=O) groups excluding carboxylic acids is 3. The fourth-order valence-electron chi connectivity index (χ4n) is 8.98. The van der Waals surface area contributed by atoms with Crippen molar-refractivity contribution >= 4 is 17.9 Å². The number of rotatable bonds is 7. The summed E-state index contributed by atoms with van der Waals surface area (Å²) in [5, 5.41) is 0. The van der Waals surface area contributed by atoms with E-state index in [0.29, 0.717) is 48.5 Å². The Morgan fingerprint density at radius 1 is 0.972 bits per heavy atom. The number of hydrogen-bond acceptors (Lipinski definition) is 6. The van der Waals surface area contributed by atoms with E-state index >= 15 is 0 Å². The molecule has 0 unspecified atom stereocenters. The van der Waals surface area contributed by atoms with Gasteiger partial charge < -0.3 is 14.2 Å². The van der Waals surface area contributed by atoms with Crippen LogP contribution in [0.5, 0.6) is 0 Å². The van der Waals surface area contributed by atoms with Gasteiger partial charge >= 0.3 is 17.9 Å². The van der Waals surface area contributed by atoms with Crippen LogP contribution in [0.3, 0.4) is 0 Å². The quantitative estimate of drug-likeness (QED) is 0.246. The zero-order chi connectivity index (χ0) is 26.3. The van der Waals surface area contributed by atoms with E-state index in [4.69, 9.17) is 14.2 Å². The van der Waals surface area contributed by atoms with E-state index in [9.17, 15) is 14.4 Å². The molecular weight excluding hydrogens is 456 g/mol. The highest BCUT2D eigenvalue weighted by Crippen LogP contribution is 2.67. The summed E-state index contributed by atoms with van der Waals surface area (Å²) in [4.78, 5) is 35.9. The molecule has 0 aromatic rings. The topological polar surface area (TPSA) is 78.9 Å². The van der Waals surface area contributed by atoms with Crippen LogP contribution in [0.15, 0.2) is 12.2 Å². The van der Waals surface area contributed by atoms with Crippen LogP contribution in [-0.4, -0.2) is 36.7 Å². The zero-order valence-corrected chi connectivity index (χ0v) is 23.1. The molecule has 0 aromatic heterocycles. The lowest BCUT2D eigenvalue weighted by molar-refractivity contribution is -0.183. The standard InChI is InChI=1S/C30H46O6/c1-7-34-28(33)13-8-18(2)24-11-12-25-23-10-9-21-16-22(35-19(3)31)14-15-29(21,5)26(23)17-27(30(24,25)6)36-20(4)32/h9-10,18,21-27H,7-8,11-17H2,1-6H3/t18-,21+,22-,23+,24+,25-,26+,27-,29-,30+/m0/s1. The van der Waals surface area contributed by atoms with Crippen LogP contribution in [-0.2, 0) is 28.6 Å². The van der Waals surface area contributed by atoms with E-state index in [1.54, 1.807) is 0 Å². The molecule has 6 heteroatoms. The lowest BCUT2D eigenvalue weighted by Gasteiger charge is -2.61. The van der Waals surface area contributed by atoms with E-state index in [1.807, 2.05) is 6.92 Å². The first-order valence-electron chi connectivity index (χ1n) is 14.2. The minimum atomic E-state index is -0.199. The summed E-state index contributed by atoms with van der Waals surface area (Å²) in [7, 11) is 0. The van der Waals surface area contributed by atoms with Crippen LogP contribution in [0, 0.1) is 46.3 Å². The van der Waals surface area contributed by atoms with Crippen LogP contribution in [0.4, 0.5) is 0 Å². The Bertz CT molecular complexity index is 881. The number of hydrogen-bond donors (Lipinski definition) is 0. The number of ether oxygens (including phenoxy) is 3. The minimum absolute atomic E-state index is 0.00370. The maximum Gasteiger partial charge on any atom is 0.305 e. The number of fused-ring (bicyclic) bond motifs is 5. The fourth-order valence-corrected chi connectivity index (χ4v) is 8.98. The number of allylic oxidation sites excluding steroid dienone is 2. The second kappa shape index (κ2) is 10.5. The van der Waals surface area contributed by atoms with Gasteiger partial charge in [-0.3, -0.25) is 14.4 Å². The Labute approximate surface area is 216 Å². The molecule has 3 saturated carbocycles. The summed E-state index contributed by atoms with van der Waals surface area (Å²) in [5.41, 5.74) is 0.00675. The van der Waals surface area contributed by atoms with Gasteiger partial charge in [-0.2, -0.15) is 0 Å². The Kier molecular flexibility index (Phi) is 7.92. The molecule has 0 aromatic carbocycles. The largest absolute Gasteiger partial charge is 0.466 e. The molecule has 4 aliphatic rings. The maximum absolute atomic E-state index is 12.3. The predicted octanol–water partition coefficient (Wildman–Crippen LogP) is 5.87. The average Bonchev–Trinajstić information content (AvgIpc) is 3.16. The predicted molar refractivity (Wildman–Crippen MR) is 137 cm³/mol. The fraction of sp³-hybridized carbons (Fsp3) is 0.833. The van der Waals surface area contributed by atoms with E-state index in [2.05, 4.69) is 32.9 Å². The van der Waals surface area contributed by atoms with E-state index < -0.39 is 0 Å². The molecule has 36 heavy (non-hydrogen) atoms. The molecule has 0 saturated heterocycles. The summed E-state index contributed by atoms with van der Waals surface area (Å²) in [6.07, 6.45) is 11.9. The van der Waals surface area contributed by atoms with Gasteiger partial charge in [-0.25, -0.2) is 0 Å². The summed E-state index contributed by atoms with van der Waals surface area (Å²) >= 11 is 0. The van der Waals surface area contributed by atoms with Gasteiger partial charge in [-0.15, -0.1) is 0 Å². The van der Waals surface area contributed by atoms with Crippen molar-refractivity contribution in [2.24, 2.45) is 46.3 Å². The van der Waals surface area contributed by atoms with Gasteiger partial charge in [0, 0.05) is 25.7 Å². The molecule has 0 radical (unpaired) electrons. The molecule has 0 spiro atoms. The number of carbonyl (C=O) groups is 3. The summed E-state index contributed by atoms with van der Waals surface area (Å²) in [5.74, 6) is 1.99. The summed E-state index contributed by atoms with van der Waals surface area (Å²) < 4.78 is 17.0. The van der Waals surface area contributed by atoms with E-state index in [0.717, 1.165) is 44.9 Å². The van der Waals surface area contributed by atoms with Crippen molar-refractivity contribution in [3.05, 3.63) is 12.2 Å². The SMILES string of the molecule is CCOC(=O)CC[C@H](C)[C@H]1CC[C@H]2[C@H]3C=C[C@@H]4C[C@@H](OC(C)=O)CC[C@]4(C)[C@@H]3C[C@H](OC(C)=O)[C@]12C. The highest BCUT2D eigenvalue weighted by Gasteiger charge is 2.64. The molecule has 6 nitrogen and oxygen atoms in total. The third-order valence-corrected chi connectivity index (χ3v) is 10.7. The Balaban J connectivity index is 1.59. The van der Waals surface area contributed by atoms with Gasteiger partial charge in [0.25, 0.3) is 0 Å². The van der Waals surface area contributed by atoms with Crippen LogP contribution in [0.2, 0.25) is 0 Å². The van der Waals surface area contributed by atoms with Gasteiger partial charge in [0.15, 0.2) is 0 Å². The first kappa shape index (κ1) is 27.2. The van der Waals surface area contributed by atoms with Crippen LogP contribution in [0.25, 0.3) is 0 Å². The lowest BCUT2D eigenvalue weighted by atomic mass is 9.45. The van der Waals surface area contributed by atoms with Gasteiger partial charge in [-0.1, -0.05) is 32.9 Å². The molecular formula is C30H46O6. The van der Waals surface area contributed by atoms with Crippen molar-refractivity contribution in [2.45, 2.75) is 105 Å². The first-order chi connectivity index (χ1) is 17.0. The Hall–Kier alpha value is -1.85. The molecule has 10 atom stereocenters. The second-order valence-corrected chi connectivity index (χ2v) is 12.5. The zero-order valence-electron chi connectivity index (χ0n) is 23.1. The molecule has 4 rings (SSSR count). The van der Waals surface area contributed by atoms with Crippen molar-refractivity contribution in [1.82, 2.24) is 0 Å².